The summed E-state index contributed by atoms with van der Waals surface area (Å²) in [5, 5.41) is 0.453. The van der Waals surface area contributed by atoms with Gasteiger partial charge >= 0.3 is 0 Å². The van der Waals surface area contributed by atoms with Crippen molar-refractivity contribution in [2.75, 3.05) is 0 Å². The minimum Gasteiger partial charge on any atom is -0.277 e. The van der Waals surface area contributed by atoms with Gasteiger partial charge < -0.3 is 0 Å². The number of imide groups is 1. The van der Waals surface area contributed by atoms with Crippen LogP contribution in [0.5, 0.6) is 0 Å². The van der Waals surface area contributed by atoms with E-state index in [2.05, 4.69) is 31.9 Å². The maximum absolute atomic E-state index is 11.0. The number of halogens is 2. The van der Waals surface area contributed by atoms with E-state index in [1.165, 1.54) is 0 Å². The summed E-state index contributed by atoms with van der Waals surface area (Å²) >= 11 is 6.00. The van der Waals surface area contributed by atoms with Crippen LogP contribution in [0.2, 0.25) is 0 Å². The number of nitrogens with zero attached hydrogens (tertiary/aromatic N) is 1. The van der Waals surface area contributed by atoms with Gasteiger partial charge in [0.1, 0.15) is 0 Å². The molecule has 0 fully saturated rings. The van der Waals surface area contributed by atoms with Crippen molar-refractivity contribution >= 4 is 44.2 Å². The molecule has 0 aliphatic carbocycles. The van der Waals surface area contributed by atoms with E-state index < -0.39 is 5.91 Å². The Labute approximate surface area is 80.6 Å². The largest absolute Gasteiger partial charge is 0.282 e. The van der Waals surface area contributed by atoms with Gasteiger partial charge in [0.15, 0.2) is 0 Å². The van der Waals surface area contributed by atoms with Gasteiger partial charge in [0, 0.05) is 4.48 Å². The van der Waals surface area contributed by atoms with Crippen molar-refractivity contribution in [3.63, 3.8) is 0 Å². The molecule has 0 rings (SSSR count). The fraction of sp³-hybridized carbons (Fsp3) is 0.200. The van der Waals surface area contributed by atoms with Crippen molar-refractivity contribution < 1.29 is 9.59 Å². The molecule has 0 atom stereocenters. The average molecular weight is 286 g/mol. The van der Waals surface area contributed by atoms with Gasteiger partial charge in [-0.25, -0.2) is 10.9 Å². The van der Waals surface area contributed by atoms with Gasteiger partial charge in [-0.15, -0.1) is 0 Å². The molecule has 0 aromatic rings. The summed E-state index contributed by atoms with van der Waals surface area (Å²) < 4.78 is 0.812. The van der Waals surface area contributed by atoms with Crippen LogP contribution in [-0.4, -0.2) is 17.3 Å². The molecule has 0 aromatic heterocycles. The van der Waals surface area contributed by atoms with E-state index in [4.69, 9.17) is 5.84 Å². The number of allylic oxidation sites excluding steroid dienone is 1. The second-order valence-electron chi connectivity index (χ2n) is 1.67. The fourth-order valence-corrected chi connectivity index (χ4v) is 0.683. The number of rotatable bonds is 2. The zero-order valence-electron chi connectivity index (χ0n) is 5.67. The molecule has 62 valence electrons. The molecule has 0 unspecified atom stereocenters. The third kappa shape index (κ3) is 3.13. The van der Waals surface area contributed by atoms with Crippen LogP contribution < -0.4 is 5.84 Å². The number of nitrogens with two attached hydrogens (primary N) is 1. The first-order chi connectivity index (χ1) is 5.00. The van der Waals surface area contributed by atoms with Crippen molar-refractivity contribution in [1.29, 1.82) is 0 Å². The summed E-state index contributed by atoms with van der Waals surface area (Å²) in [7, 11) is 0. The van der Waals surface area contributed by atoms with Gasteiger partial charge in [-0.05, 0) is 22.9 Å². The summed E-state index contributed by atoms with van der Waals surface area (Å²) in [6.45, 7) is 1.65. The van der Waals surface area contributed by atoms with Gasteiger partial charge in [-0.2, -0.15) is 0 Å². The lowest BCUT2D eigenvalue weighted by atomic mass is 10.5. The zero-order chi connectivity index (χ0) is 9.02. The van der Waals surface area contributed by atoms with E-state index in [1.807, 2.05) is 0 Å². The molecule has 0 aromatic carbocycles. The molecule has 0 radical (unpaired) electrons. The van der Waals surface area contributed by atoms with Crippen molar-refractivity contribution in [2.45, 2.75) is 6.92 Å². The normalized spacial score (nSPS) is 12.0. The summed E-state index contributed by atoms with van der Waals surface area (Å²) in [4.78, 5) is 20.9. The SMILES string of the molecule is C/C(Br)=C(/Br)C(=O)N(N)C=O. The molecule has 0 saturated carbocycles. The van der Waals surface area contributed by atoms with Gasteiger partial charge in [-0.1, -0.05) is 15.9 Å². The number of hydrogen-bond donors (Lipinski definition) is 1. The molecular formula is C5H6Br2N2O2. The van der Waals surface area contributed by atoms with Gasteiger partial charge in [0.2, 0.25) is 6.41 Å². The Balaban J connectivity index is 4.51. The van der Waals surface area contributed by atoms with E-state index >= 15 is 0 Å². The Morgan fingerprint density at radius 3 is 2.27 bits per heavy atom. The number of hydrazine groups is 1. The van der Waals surface area contributed by atoms with Crippen LogP contribution in [0.1, 0.15) is 6.92 Å². The second kappa shape index (κ2) is 4.63. The van der Waals surface area contributed by atoms with Crippen molar-refractivity contribution in [2.24, 2.45) is 5.84 Å². The van der Waals surface area contributed by atoms with E-state index in [9.17, 15) is 9.59 Å². The molecule has 0 aliphatic heterocycles. The van der Waals surface area contributed by atoms with Crippen LogP contribution in [0.4, 0.5) is 0 Å². The third-order valence-electron chi connectivity index (χ3n) is 0.838. The van der Waals surface area contributed by atoms with Crippen LogP contribution in [0.15, 0.2) is 8.96 Å². The van der Waals surface area contributed by atoms with Gasteiger partial charge in [-0.3, -0.25) is 9.59 Å². The fourth-order valence-electron chi connectivity index (χ4n) is 0.309. The molecule has 4 nitrogen and oxygen atoms in total. The van der Waals surface area contributed by atoms with Gasteiger partial charge in [0.05, 0.1) is 4.48 Å². The van der Waals surface area contributed by atoms with Crippen molar-refractivity contribution in [3.8, 4) is 0 Å². The predicted octanol–water partition coefficient (Wildman–Crippen LogP) is 0.866. The first-order valence-electron chi connectivity index (χ1n) is 2.56. The van der Waals surface area contributed by atoms with E-state index in [1.54, 1.807) is 6.92 Å². The predicted molar refractivity (Wildman–Crippen MR) is 47.7 cm³/mol. The lowest BCUT2D eigenvalue weighted by molar-refractivity contribution is -0.134. The first-order valence-corrected chi connectivity index (χ1v) is 4.14. The van der Waals surface area contributed by atoms with Gasteiger partial charge in [0.25, 0.3) is 5.91 Å². The first kappa shape index (κ1) is 10.8. The van der Waals surface area contributed by atoms with Crippen LogP contribution >= 0.6 is 31.9 Å². The highest BCUT2D eigenvalue weighted by Gasteiger charge is 2.13. The van der Waals surface area contributed by atoms with Crippen LogP contribution in [0.3, 0.4) is 0 Å². The van der Waals surface area contributed by atoms with Crippen LogP contribution in [-0.2, 0) is 9.59 Å². The minimum absolute atomic E-state index is 0.229. The van der Waals surface area contributed by atoms with Crippen LogP contribution in [0, 0.1) is 0 Å². The summed E-state index contributed by atoms with van der Waals surface area (Å²) in [5.41, 5.74) is 0. The quantitative estimate of drug-likeness (QED) is 0.269. The van der Waals surface area contributed by atoms with E-state index in [0.717, 1.165) is 0 Å². The standard InChI is InChI=1S/C5H6Br2N2O2/c1-3(6)4(7)5(11)9(8)2-10/h2H,8H2,1H3/b4-3-. The number of carbonyl (C=O) groups excluding carboxylic acids is 2. The molecule has 6 heteroatoms. The Bertz CT molecular complexity index is 211. The second-order valence-corrected chi connectivity index (χ2v) is 3.65. The summed E-state index contributed by atoms with van der Waals surface area (Å²) in [6, 6.07) is 0. The number of hydrogen-bond acceptors (Lipinski definition) is 3. The molecule has 0 heterocycles. The lowest BCUT2D eigenvalue weighted by Crippen LogP contribution is -2.36. The lowest BCUT2D eigenvalue weighted by Gasteiger charge is -2.06. The molecule has 0 spiro atoms. The molecular weight excluding hydrogens is 280 g/mol. The van der Waals surface area contributed by atoms with Crippen LogP contribution in [0.25, 0.3) is 0 Å². The number of amides is 2. The Morgan fingerprint density at radius 1 is 1.55 bits per heavy atom. The molecule has 0 saturated heterocycles. The maximum atomic E-state index is 11.0. The molecule has 2 N–H and O–H groups in total. The Kier molecular flexibility index (Phi) is 4.55. The highest BCUT2D eigenvalue weighted by atomic mass is 79.9. The Morgan fingerprint density at radius 2 is 2.00 bits per heavy atom. The topological polar surface area (TPSA) is 63.4 Å². The molecule has 0 bridgehead atoms. The Hall–Kier alpha value is -0.200. The minimum atomic E-state index is -0.589. The average Bonchev–Trinajstić information content (AvgIpc) is 2.00. The smallest absolute Gasteiger partial charge is 0.277 e. The monoisotopic (exact) mass is 284 g/mol. The highest BCUT2D eigenvalue weighted by molar-refractivity contribution is 9.14. The summed E-state index contributed by atoms with van der Waals surface area (Å²) in [6.07, 6.45) is 0.236. The molecule has 11 heavy (non-hydrogen) atoms. The maximum Gasteiger partial charge on any atom is 0.282 e. The number of carbonyl (C=O) groups is 2. The van der Waals surface area contributed by atoms with E-state index in [-0.39, 0.29) is 10.9 Å². The van der Waals surface area contributed by atoms with Crippen molar-refractivity contribution in [1.82, 2.24) is 5.01 Å². The molecule has 2 amide bonds. The molecule has 0 aliphatic rings. The van der Waals surface area contributed by atoms with Crippen molar-refractivity contribution in [3.05, 3.63) is 8.96 Å². The highest BCUT2D eigenvalue weighted by Crippen LogP contribution is 2.17. The third-order valence-corrected chi connectivity index (χ3v) is 2.70. The summed E-state index contributed by atoms with van der Waals surface area (Å²) in [5.74, 6) is 4.40. The zero-order valence-corrected chi connectivity index (χ0v) is 8.85. The van der Waals surface area contributed by atoms with E-state index in [0.29, 0.717) is 9.49 Å².